The van der Waals surface area contributed by atoms with Crippen LogP contribution in [0.5, 0.6) is 0 Å². The summed E-state index contributed by atoms with van der Waals surface area (Å²) in [5.74, 6) is -0.0406. The lowest BCUT2D eigenvalue weighted by Gasteiger charge is -2.19. The van der Waals surface area contributed by atoms with Gasteiger partial charge in [-0.3, -0.25) is 0 Å². The molecule has 0 aromatic carbocycles. The number of hydrogen-bond donors (Lipinski definition) is 0. The third kappa shape index (κ3) is 1.41. The van der Waals surface area contributed by atoms with Crippen LogP contribution in [-0.2, 0) is 16.6 Å². The van der Waals surface area contributed by atoms with Gasteiger partial charge in [-0.2, -0.15) is 5.10 Å². The number of hydrogen-bond acceptors (Lipinski definition) is 3. The zero-order chi connectivity index (χ0) is 12.9. The van der Waals surface area contributed by atoms with Gasteiger partial charge >= 0.3 is 0 Å². The highest BCUT2D eigenvalue weighted by atomic mass is 16.1. The first kappa shape index (κ1) is 11.4. The molecular weight excluding hydrogens is 226 g/mol. The molecule has 18 heavy (non-hydrogen) atoms. The molecule has 0 saturated heterocycles. The van der Waals surface area contributed by atoms with Gasteiger partial charge in [0.2, 0.25) is 0 Å². The van der Waals surface area contributed by atoms with Crippen LogP contribution in [0.4, 0.5) is 0 Å². The maximum Gasteiger partial charge on any atom is 0.155 e. The Bertz CT molecular complexity index is 627. The predicted molar refractivity (Wildman–Crippen MR) is 68.8 cm³/mol. The molecule has 4 heteroatoms. The molecular formula is C14H17N3O. The summed E-state index contributed by atoms with van der Waals surface area (Å²) < 4.78 is 1.93. The fourth-order valence-electron chi connectivity index (χ4n) is 2.99. The highest BCUT2D eigenvalue weighted by Gasteiger charge is 2.39. The molecule has 0 spiro atoms. The molecule has 1 atom stereocenters. The monoisotopic (exact) mass is 243 g/mol. The van der Waals surface area contributed by atoms with E-state index in [1.807, 2.05) is 16.8 Å². The zero-order valence-corrected chi connectivity index (χ0v) is 11.0. The maximum absolute atomic E-state index is 11.2. The summed E-state index contributed by atoms with van der Waals surface area (Å²) in [4.78, 5) is 15.6. The summed E-state index contributed by atoms with van der Waals surface area (Å²) in [7, 11) is 0. The molecule has 94 valence electrons. The van der Waals surface area contributed by atoms with Crippen LogP contribution in [0.25, 0.3) is 5.65 Å². The second kappa shape index (κ2) is 3.64. The Kier molecular flexibility index (Phi) is 2.30. The van der Waals surface area contributed by atoms with Crippen molar-refractivity contribution < 1.29 is 4.79 Å². The first-order valence-corrected chi connectivity index (χ1v) is 6.40. The minimum atomic E-state index is -0.0406. The quantitative estimate of drug-likeness (QED) is 0.760. The standard InChI is InChI=1S/C14H17N3O/c1-4-10-5-12-15-7-11-9(8-18)6-14(2,3)13(11)17(12)16-10/h5,7-9H,4,6H2,1-3H3. The molecule has 4 nitrogen and oxygen atoms in total. The lowest BCUT2D eigenvalue weighted by molar-refractivity contribution is -0.109. The summed E-state index contributed by atoms with van der Waals surface area (Å²) in [6.45, 7) is 6.42. The van der Waals surface area contributed by atoms with Crippen LogP contribution >= 0.6 is 0 Å². The van der Waals surface area contributed by atoms with Gasteiger partial charge in [0.25, 0.3) is 0 Å². The summed E-state index contributed by atoms with van der Waals surface area (Å²) in [6, 6.07) is 2.02. The Morgan fingerprint density at radius 3 is 3.00 bits per heavy atom. The van der Waals surface area contributed by atoms with Gasteiger partial charge in [0.05, 0.1) is 11.4 Å². The van der Waals surface area contributed by atoms with Crippen molar-refractivity contribution >= 4 is 11.9 Å². The number of aromatic nitrogens is 3. The van der Waals surface area contributed by atoms with Crippen molar-refractivity contribution in [2.75, 3.05) is 0 Å². The Morgan fingerprint density at radius 2 is 2.33 bits per heavy atom. The van der Waals surface area contributed by atoms with Gasteiger partial charge < -0.3 is 4.79 Å². The largest absolute Gasteiger partial charge is 0.303 e. The maximum atomic E-state index is 11.2. The van der Waals surface area contributed by atoms with Crippen molar-refractivity contribution in [3.63, 3.8) is 0 Å². The first-order chi connectivity index (χ1) is 8.56. The molecule has 2 aromatic rings. The number of nitrogens with zero attached hydrogens (tertiary/aromatic N) is 3. The van der Waals surface area contributed by atoms with Crippen molar-refractivity contribution in [2.45, 2.75) is 44.9 Å². The minimum absolute atomic E-state index is 0.0286. The second-order valence-corrected chi connectivity index (χ2v) is 5.65. The van der Waals surface area contributed by atoms with E-state index in [-0.39, 0.29) is 11.3 Å². The van der Waals surface area contributed by atoms with Crippen LogP contribution < -0.4 is 0 Å². The zero-order valence-electron chi connectivity index (χ0n) is 11.0. The molecule has 1 aliphatic carbocycles. The average molecular weight is 243 g/mol. The van der Waals surface area contributed by atoms with E-state index in [0.717, 1.165) is 41.7 Å². The molecule has 0 fully saturated rings. The minimum Gasteiger partial charge on any atom is -0.303 e. The van der Waals surface area contributed by atoms with Crippen LogP contribution in [0.3, 0.4) is 0 Å². The second-order valence-electron chi connectivity index (χ2n) is 5.65. The molecule has 1 aliphatic rings. The number of carbonyl (C=O) groups excluding carboxylic acids is 1. The van der Waals surface area contributed by atoms with Crippen molar-refractivity contribution in [1.29, 1.82) is 0 Å². The molecule has 3 rings (SSSR count). The topological polar surface area (TPSA) is 47.3 Å². The van der Waals surface area contributed by atoms with Crippen LogP contribution in [0, 0.1) is 0 Å². The van der Waals surface area contributed by atoms with Gasteiger partial charge in [-0.1, -0.05) is 20.8 Å². The third-order valence-electron chi connectivity index (χ3n) is 3.86. The van der Waals surface area contributed by atoms with Crippen molar-refractivity contribution in [2.24, 2.45) is 0 Å². The van der Waals surface area contributed by atoms with Gasteiger partial charge in [-0.15, -0.1) is 0 Å². The van der Waals surface area contributed by atoms with Gasteiger partial charge in [0, 0.05) is 29.2 Å². The highest BCUT2D eigenvalue weighted by molar-refractivity contribution is 5.66. The Balaban J connectivity index is 2.33. The fourth-order valence-corrected chi connectivity index (χ4v) is 2.99. The Hall–Kier alpha value is -1.71. The van der Waals surface area contributed by atoms with Crippen LogP contribution in [0.2, 0.25) is 0 Å². The van der Waals surface area contributed by atoms with E-state index in [4.69, 9.17) is 0 Å². The molecule has 2 heterocycles. The normalized spacial score (nSPS) is 21.2. The van der Waals surface area contributed by atoms with Crippen molar-refractivity contribution in [1.82, 2.24) is 14.6 Å². The highest BCUT2D eigenvalue weighted by Crippen LogP contribution is 2.44. The first-order valence-electron chi connectivity index (χ1n) is 6.40. The summed E-state index contributed by atoms with van der Waals surface area (Å²) in [6.07, 6.45) is 4.62. The predicted octanol–water partition coefficient (Wildman–Crippen LogP) is 2.26. The van der Waals surface area contributed by atoms with Gasteiger partial charge in [-0.05, 0) is 12.8 Å². The molecule has 2 aromatic heterocycles. The smallest absolute Gasteiger partial charge is 0.155 e. The summed E-state index contributed by atoms with van der Waals surface area (Å²) >= 11 is 0. The number of fused-ring (bicyclic) bond motifs is 3. The third-order valence-corrected chi connectivity index (χ3v) is 3.86. The van der Waals surface area contributed by atoms with Crippen LogP contribution in [0.15, 0.2) is 12.3 Å². The van der Waals surface area contributed by atoms with E-state index >= 15 is 0 Å². The van der Waals surface area contributed by atoms with E-state index in [1.54, 1.807) is 0 Å². The SMILES string of the molecule is CCc1cc2ncc3c(n2n1)C(C)(C)CC3C=O. The summed E-state index contributed by atoms with van der Waals surface area (Å²) in [5, 5.41) is 4.61. The molecule has 0 aliphatic heterocycles. The van der Waals surface area contributed by atoms with E-state index in [0.29, 0.717) is 0 Å². The number of rotatable bonds is 2. The molecule has 1 unspecified atom stereocenters. The lowest BCUT2D eigenvalue weighted by Crippen LogP contribution is -2.17. The molecule has 0 bridgehead atoms. The molecule has 0 amide bonds. The van der Waals surface area contributed by atoms with Gasteiger partial charge in [0.15, 0.2) is 5.65 Å². The Labute approximate surface area is 106 Å². The van der Waals surface area contributed by atoms with Crippen LogP contribution in [0.1, 0.15) is 50.1 Å². The van der Waals surface area contributed by atoms with Gasteiger partial charge in [-0.25, -0.2) is 9.50 Å². The molecule has 0 radical (unpaired) electrons. The molecule has 0 N–H and O–H groups in total. The number of aldehydes is 1. The summed E-state index contributed by atoms with van der Waals surface area (Å²) in [5.41, 5.74) is 4.07. The van der Waals surface area contributed by atoms with E-state index in [2.05, 4.69) is 30.9 Å². The number of aryl methyl sites for hydroxylation is 1. The van der Waals surface area contributed by atoms with E-state index in [9.17, 15) is 4.79 Å². The molecule has 0 saturated carbocycles. The van der Waals surface area contributed by atoms with E-state index < -0.39 is 0 Å². The van der Waals surface area contributed by atoms with Crippen molar-refractivity contribution in [3.05, 3.63) is 29.2 Å². The fraction of sp³-hybridized carbons (Fsp3) is 0.500. The Morgan fingerprint density at radius 1 is 1.56 bits per heavy atom. The van der Waals surface area contributed by atoms with Gasteiger partial charge in [0.1, 0.15) is 6.29 Å². The average Bonchev–Trinajstić information content (AvgIpc) is 2.87. The van der Waals surface area contributed by atoms with Crippen LogP contribution in [-0.4, -0.2) is 20.9 Å². The number of carbonyl (C=O) groups is 1. The van der Waals surface area contributed by atoms with Crippen molar-refractivity contribution in [3.8, 4) is 0 Å². The lowest BCUT2D eigenvalue weighted by atomic mass is 9.89. The van der Waals surface area contributed by atoms with E-state index in [1.165, 1.54) is 0 Å².